The van der Waals surface area contributed by atoms with Gasteiger partial charge in [0.1, 0.15) is 5.41 Å². The molecule has 1 fully saturated rings. The average Bonchev–Trinajstić information content (AvgIpc) is 2.36. The van der Waals surface area contributed by atoms with Gasteiger partial charge in [0.15, 0.2) is 0 Å². The molecule has 1 aromatic rings. The Morgan fingerprint density at radius 3 is 2.68 bits per heavy atom. The number of ether oxygens (including phenoxy) is 1. The highest BCUT2D eigenvalue weighted by molar-refractivity contribution is 9.10. The van der Waals surface area contributed by atoms with E-state index in [0.29, 0.717) is 19.8 Å². The van der Waals surface area contributed by atoms with Crippen molar-refractivity contribution in [2.24, 2.45) is 5.41 Å². The van der Waals surface area contributed by atoms with Gasteiger partial charge < -0.3 is 14.7 Å². The number of hydrogen-bond donors (Lipinski definition) is 1. The number of carbonyl (C=O) groups excluding carboxylic acids is 1. The molecule has 0 atom stereocenters. The summed E-state index contributed by atoms with van der Waals surface area (Å²) < 4.78 is 6.12. The van der Waals surface area contributed by atoms with Gasteiger partial charge in [-0.2, -0.15) is 0 Å². The molecule has 1 aliphatic heterocycles. The number of hydrogen-bond acceptors (Lipinski definition) is 3. The van der Waals surface area contributed by atoms with E-state index in [4.69, 9.17) is 4.74 Å². The van der Waals surface area contributed by atoms with E-state index in [-0.39, 0.29) is 12.5 Å². The van der Waals surface area contributed by atoms with Crippen LogP contribution in [0.1, 0.15) is 5.56 Å². The fourth-order valence-corrected chi connectivity index (χ4v) is 2.61. The number of amides is 1. The van der Waals surface area contributed by atoms with E-state index in [9.17, 15) is 9.90 Å². The molecule has 0 saturated carbocycles. The molecule has 0 bridgehead atoms. The summed E-state index contributed by atoms with van der Waals surface area (Å²) in [4.78, 5) is 13.9. The lowest BCUT2D eigenvalue weighted by Gasteiger charge is -2.40. The molecule has 4 nitrogen and oxygen atoms in total. The average molecular weight is 328 g/mol. The third kappa shape index (κ3) is 2.99. The number of benzene rings is 1. The van der Waals surface area contributed by atoms with Crippen molar-refractivity contribution in [2.75, 3.05) is 33.4 Å². The molecule has 2 rings (SSSR count). The summed E-state index contributed by atoms with van der Waals surface area (Å²) in [6.07, 6.45) is 0.784. The summed E-state index contributed by atoms with van der Waals surface area (Å²) in [6, 6.07) is 7.98. The van der Waals surface area contributed by atoms with Crippen molar-refractivity contribution in [1.29, 1.82) is 0 Å². The van der Waals surface area contributed by atoms with E-state index in [1.807, 2.05) is 24.3 Å². The van der Waals surface area contributed by atoms with E-state index in [1.54, 1.807) is 11.9 Å². The Kier molecular flexibility index (Phi) is 4.60. The Bertz CT molecular complexity index is 454. The molecular formula is C14H18BrNO3. The lowest BCUT2D eigenvalue weighted by Crippen LogP contribution is -2.56. The Hall–Kier alpha value is -0.910. The van der Waals surface area contributed by atoms with E-state index >= 15 is 0 Å². The van der Waals surface area contributed by atoms with Crippen LogP contribution < -0.4 is 0 Å². The molecule has 0 aliphatic carbocycles. The summed E-state index contributed by atoms with van der Waals surface area (Å²) >= 11 is 3.50. The van der Waals surface area contributed by atoms with Gasteiger partial charge >= 0.3 is 0 Å². The molecule has 0 radical (unpaired) electrons. The molecule has 1 saturated heterocycles. The third-order valence-corrected chi connectivity index (χ3v) is 4.31. The van der Waals surface area contributed by atoms with Crippen LogP contribution in [-0.4, -0.2) is 49.3 Å². The molecule has 0 spiro atoms. The first kappa shape index (κ1) is 14.5. The zero-order chi connectivity index (χ0) is 13.9. The first-order chi connectivity index (χ1) is 9.09. The maximum atomic E-state index is 12.3. The molecule has 0 unspecified atom stereocenters. The van der Waals surface area contributed by atoms with Gasteiger partial charge in [-0.3, -0.25) is 4.79 Å². The molecule has 104 valence electrons. The molecule has 1 heterocycles. The molecule has 19 heavy (non-hydrogen) atoms. The van der Waals surface area contributed by atoms with Gasteiger partial charge in [0.25, 0.3) is 0 Å². The molecule has 0 aromatic heterocycles. The molecule has 1 amide bonds. The van der Waals surface area contributed by atoms with Crippen molar-refractivity contribution in [2.45, 2.75) is 6.42 Å². The number of likely N-dealkylation sites (N-methyl/N-ethyl adjacent to an activating group) is 1. The largest absolute Gasteiger partial charge is 0.395 e. The number of carbonyl (C=O) groups is 1. The predicted octanol–water partition coefficient (Wildman–Crippen LogP) is 1.46. The minimum Gasteiger partial charge on any atom is -0.395 e. The first-order valence-corrected chi connectivity index (χ1v) is 7.06. The Balaban J connectivity index is 1.93. The summed E-state index contributed by atoms with van der Waals surface area (Å²) in [7, 11) is 1.77. The van der Waals surface area contributed by atoms with E-state index in [1.165, 1.54) is 5.56 Å². The van der Waals surface area contributed by atoms with Crippen molar-refractivity contribution in [1.82, 2.24) is 4.90 Å². The predicted molar refractivity (Wildman–Crippen MR) is 75.8 cm³/mol. The number of halogens is 1. The summed E-state index contributed by atoms with van der Waals surface area (Å²) in [6.45, 7) is 1.12. The number of rotatable bonds is 5. The second-order valence-electron chi connectivity index (χ2n) is 5.00. The summed E-state index contributed by atoms with van der Waals surface area (Å²) in [5, 5.41) is 9.35. The van der Waals surface area contributed by atoms with E-state index < -0.39 is 5.41 Å². The molecule has 1 aliphatic rings. The molecular weight excluding hydrogens is 310 g/mol. The second kappa shape index (κ2) is 6.03. The monoisotopic (exact) mass is 327 g/mol. The molecule has 5 heteroatoms. The lowest BCUT2D eigenvalue weighted by atomic mass is 9.85. The minimum absolute atomic E-state index is 0.0340. The van der Waals surface area contributed by atoms with Crippen molar-refractivity contribution >= 4 is 21.8 Å². The zero-order valence-corrected chi connectivity index (χ0v) is 12.5. The quantitative estimate of drug-likeness (QED) is 0.890. The van der Waals surface area contributed by atoms with Crippen LogP contribution in [0.25, 0.3) is 0 Å². The van der Waals surface area contributed by atoms with E-state index in [2.05, 4.69) is 15.9 Å². The van der Waals surface area contributed by atoms with Crippen LogP contribution in [-0.2, 0) is 16.0 Å². The topological polar surface area (TPSA) is 49.8 Å². The van der Waals surface area contributed by atoms with Gasteiger partial charge in [-0.25, -0.2) is 0 Å². The zero-order valence-electron chi connectivity index (χ0n) is 10.9. The van der Waals surface area contributed by atoms with Gasteiger partial charge in [0, 0.05) is 18.1 Å². The van der Waals surface area contributed by atoms with Crippen LogP contribution in [0.5, 0.6) is 0 Å². The van der Waals surface area contributed by atoms with Gasteiger partial charge in [-0.05, 0) is 18.1 Å². The van der Waals surface area contributed by atoms with Crippen molar-refractivity contribution < 1.29 is 14.6 Å². The fraction of sp³-hybridized carbons (Fsp3) is 0.500. The highest BCUT2D eigenvalue weighted by atomic mass is 79.9. The molecule has 1 N–H and O–H groups in total. The van der Waals surface area contributed by atoms with Crippen LogP contribution in [0.15, 0.2) is 28.7 Å². The highest BCUT2D eigenvalue weighted by Crippen LogP contribution is 2.29. The van der Waals surface area contributed by atoms with Crippen molar-refractivity contribution in [3.05, 3.63) is 34.3 Å². The second-order valence-corrected chi connectivity index (χ2v) is 5.85. The number of aliphatic hydroxyl groups excluding tert-OH is 1. The van der Waals surface area contributed by atoms with Gasteiger partial charge in [0.05, 0.1) is 19.8 Å². The summed E-state index contributed by atoms with van der Waals surface area (Å²) in [5.74, 6) is -0.0340. The maximum absolute atomic E-state index is 12.3. The SMILES string of the molecule is CN(CCc1ccccc1Br)C(=O)C1(CO)COC1. The number of aliphatic hydroxyl groups is 1. The van der Waals surface area contributed by atoms with E-state index in [0.717, 1.165) is 10.9 Å². The van der Waals surface area contributed by atoms with Gasteiger partial charge in [0.2, 0.25) is 5.91 Å². The Morgan fingerprint density at radius 2 is 2.16 bits per heavy atom. The van der Waals surface area contributed by atoms with Crippen LogP contribution in [0.4, 0.5) is 0 Å². The summed E-state index contributed by atoms with van der Waals surface area (Å²) in [5.41, 5.74) is 0.466. The van der Waals surface area contributed by atoms with Gasteiger partial charge in [-0.15, -0.1) is 0 Å². The Labute approximate surface area is 121 Å². The van der Waals surface area contributed by atoms with Crippen LogP contribution >= 0.6 is 15.9 Å². The van der Waals surface area contributed by atoms with Crippen LogP contribution in [0.2, 0.25) is 0 Å². The fourth-order valence-electron chi connectivity index (χ4n) is 2.13. The third-order valence-electron chi connectivity index (χ3n) is 3.53. The van der Waals surface area contributed by atoms with Crippen LogP contribution in [0.3, 0.4) is 0 Å². The smallest absolute Gasteiger partial charge is 0.235 e. The standard InChI is InChI=1S/C14H18BrNO3/c1-16(13(18)14(8-17)9-19-10-14)7-6-11-4-2-3-5-12(11)15/h2-5,17H,6-10H2,1H3. The maximum Gasteiger partial charge on any atom is 0.235 e. The van der Waals surface area contributed by atoms with Crippen molar-refractivity contribution in [3.63, 3.8) is 0 Å². The minimum atomic E-state index is -0.706. The van der Waals surface area contributed by atoms with Gasteiger partial charge in [-0.1, -0.05) is 34.1 Å². The van der Waals surface area contributed by atoms with Crippen LogP contribution in [0, 0.1) is 5.41 Å². The Morgan fingerprint density at radius 1 is 1.47 bits per heavy atom. The highest BCUT2D eigenvalue weighted by Gasteiger charge is 2.46. The normalized spacial score (nSPS) is 16.8. The number of nitrogens with zero attached hydrogens (tertiary/aromatic N) is 1. The first-order valence-electron chi connectivity index (χ1n) is 6.27. The molecule has 1 aromatic carbocycles. The lowest BCUT2D eigenvalue weighted by molar-refractivity contribution is -0.179. The van der Waals surface area contributed by atoms with Crippen molar-refractivity contribution in [3.8, 4) is 0 Å².